The molecule has 0 amide bonds. The van der Waals surface area contributed by atoms with Crippen LogP contribution >= 0.6 is 0 Å². The van der Waals surface area contributed by atoms with E-state index in [0.29, 0.717) is 12.3 Å². The first-order valence-electron chi connectivity index (χ1n) is 6.04. The van der Waals surface area contributed by atoms with Crippen LogP contribution in [0.3, 0.4) is 0 Å². The van der Waals surface area contributed by atoms with Crippen LogP contribution in [0, 0.1) is 0 Å². The molecule has 0 radical (unpaired) electrons. The third-order valence-electron chi connectivity index (χ3n) is 2.36. The minimum absolute atomic E-state index is 0.273. The SMILES string of the molecule is CCCCS(=O)(=O)CCNCCCN(C)C. The molecule has 16 heavy (non-hydrogen) atoms. The van der Waals surface area contributed by atoms with Gasteiger partial charge in [0.05, 0.1) is 11.5 Å². The molecule has 0 bridgehead atoms. The van der Waals surface area contributed by atoms with Crippen LogP contribution in [0.1, 0.15) is 26.2 Å². The van der Waals surface area contributed by atoms with Crippen molar-refractivity contribution in [1.82, 2.24) is 10.2 Å². The van der Waals surface area contributed by atoms with Gasteiger partial charge in [-0.3, -0.25) is 0 Å². The molecule has 4 nitrogen and oxygen atoms in total. The maximum Gasteiger partial charge on any atom is 0.151 e. The number of nitrogens with zero attached hydrogens (tertiary/aromatic N) is 1. The number of nitrogens with one attached hydrogen (secondary N) is 1. The van der Waals surface area contributed by atoms with E-state index in [0.717, 1.165) is 32.4 Å². The molecule has 0 aromatic rings. The Kier molecular flexibility index (Phi) is 8.89. The zero-order valence-corrected chi connectivity index (χ0v) is 11.6. The Hall–Kier alpha value is -0.130. The summed E-state index contributed by atoms with van der Waals surface area (Å²) >= 11 is 0. The van der Waals surface area contributed by atoms with Gasteiger partial charge in [0.2, 0.25) is 0 Å². The highest BCUT2D eigenvalue weighted by Crippen LogP contribution is 1.96. The summed E-state index contributed by atoms with van der Waals surface area (Å²) in [5, 5.41) is 3.17. The fraction of sp³-hybridized carbons (Fsp3) is 1.00. The predicted octanol–water partition coefficient (Wildman–Crippen LogP) is 0.743. The van der Waals surface area contributed by atoms with Gasteiger partial charge in [-0.1, -0.05) is 13.3 Å². The maximum atomic E-state index is 11.5. The molecule has 0 unspecified atom stereocenters. The second-order valence-corrected chi connectivity index (χ2v) is 6.72. The van der Waals surface area contributed by atoms with E-state index in [1.165, 1.54) is 0 Å². The highest BCUT2D eigenvalue weighted by Gasteiger charge is 2.08. The summed E-state index contributed by atoms with van der Waals surface area (Å²) in [6.45, 7) is 4.52. The van der Waals surface area contributed by atoms with Crippen LogP contribution in [-0.2, 0) is 9.84 Å². The summed E-state index contributed by atoms with van der Waals surface area (Å²) in [7, 11) is 1.25. The summed E-state index contributed by atoms with van der Waals surface area (Å²) in [5.74, 6) is 0.609. The molecule has 0 atom stereocenters. The smallest absolute Gasteiger partial charge is 0.151 e. The Morgan fingerprint density at radius 1 is 1.06 bits per heavy atom. The third-order valence-corrected chi connectivity index (χ3v) is 4.09. The maximum absolute atomic E-state index is 11.5. The second-order valence-electron chi connectivity index (χ2n) is 4.41. The highest BCUT2D eigenvalue weighted by atomic mass is 32.2. The van der Waals surface area contributed by atoms with Crippen LogP contribution in [0.4, 0.5) is 0 Å². The highest BCUT2D eigenvalue weighted by molar-refractivity contribution is 7.91. The molecule has 5 heteroatoms. The van der Waals surface area contributed by atoms with Crippen molar-refractivity contribution in [2.45, 2.75) is 26.2 Å². The van der Waals surface area contributed by atoms with Gasteiger partial charge in [-0.05, 0) is 40.0 Å². The van der Waals surface area contributed by atoms with Crippen LogP contribution in [0.5, 0.6) is 0 Å². The predicted molar refractivity (Wildman–Crippen MR) is 69.6 cm³/mol. The summed E-state index contributed by atoms with van der Waals surface area (Å²) in [5.41, 5.74) is 0. The topological polar surface area (TPSA) is 49.4 Å². The lowest BCUT2D eigenvalue weighted by Gasteiger charge is -2.09. The second kappa shape index (κ2) is 8.96. The Morgan fingerprint density at radius 2 is 1.75 bits per heavy atom. The molecule has 0 heterocycles. The van der Waals surface area contributed by atoms with Crippen LogP contribution in [0.2, 0.25) is 0 Å². The van der Waals surface area contributed by atoms with Crippen LogP contribution < -0.4 is 5.32 Å². The van der Waals surface area contributed by atoms with Crippen molar-refractivity contribution < 1.29 is 8.42 Å². The molecular weight excluding hydrogens is 224 g/mol. The molecule has 0 rings (SSSR count). The van der Waals surface area contributed by atoms with E-state index in [1.54, 1.807) is 0 Å². The van der Waals surface area contributed by atoms with Gasteiger partial charge in [-0.25, -0.2) is 8.42 Å². The van der Waals surface area contributed by atoms with Crippen molar-refractivity contribution in [3.05, 3.63) is 0 Å². The van der Waals surface area contributed by atoms with E-state index >= 15 is 0 Å². The van der Waals surface area contributed by atoms with Gasteiger partial charge in [-0.2, -0.15) is 0 Å². The Bertz CT molecular complexity index is 251. The van der Waals surface area contributed by atoms with Gasteiger partial charge in [-0.15, -0.1) is 0 Å². The van der Waals surface area contributed by atoms with E-state index in [4.69, 9.17) is 0 Å². The minimum Gasteiger partial charge on any atom is -0.316 e. The average molecular weight is 250 g/mol. The van der Waals surface area contributed by atoms with Crippen molar-refractivity contribution in [3.63, 3.8) is 0 Å². The van der Waals surface area contributed by atoms with E-state index in [-0.39, 0.29) is 5.75 Å². The molecule has 0 aromatic carbocycles. The zero-order valence-electron chi connectivity index (χ0n) is 10.8. The first-order chi connectivity index (χ1) is 7.48. The Balaban J connectivity index is 3.43. The first-order valence-corrected chi connectivity index (χ1v) is 7.86. The normalized spacial score (nSPS) is 12.2. The summed E-state index contributed by atoms with van der Waals surface area (Å²) < 4.78 is 23.0. The van der Waals surface area contributed by atoms with Gasteiger partial charge >= 0.3 is 0 Å². The lowest BCUT2D eigenvalue weighted by molar-refractivity contribution is 0.395. The minimum atomic E-state index is -2.82. The van der Waals surface area contributed by atoms with Gasteiger partial charge in [0.15, 0.2) is 9.84 Å². The van der Waals surface area contributed by atoms with Gasteiger partial charge in [0.25, 0.3) is 0 Å². The molecule has 0 aliphatic heterocycles. The van der Waals surface area contributed by atoms with Crippen molar-refractivity contribution in [3.8, 4) is 0 Å². The van der Waals surface area contributed by atoms with Crippen molar-refractivity contribution in [2.75, 3.05) is 45.2 Å². The zero-order chi connectivity index (χ0) is 12.4. The molecule has 0 aliphatic carbocycles. The quantitative estimate of drug-likeness (QED) is 0.581. The van der Waals surface area contributed by atoms with E-state index < -0.39 is 9.84 Å². The number of rotatable bonds is 10. The molecule has 0 aliphatic rings. The number of sulfone groups is 1. The van der Waals surface area contributed by atoms with Crippen LogP contribution in [-0.4, -0.2) is 58.6 Å². The summed E-state index contributed by atoms with van der Waals surface area (Å²) in [4.78, 5) is 2.12. The molecule has 0 spiro atoms. The number of unbranched alkanes of at least 4 members (excludes halogenated alkanes) is 1. The van der Waals surface area contributed by atoms with Crippen molar-refractivity contribution in [1.29, 1.82) is 0 Å². The van der Waals surface area contributed by atoms with Crippen molar-refractivity contribution in [2.24, 2.45) is 0 Å². The van der Waals surface area contributed by atoms with Gasteiger partial charge < -0.3 is 10.2 Å². The monoisotopic (exact) mass is 250 g/mol. The average Bonchev–Trinajstić information content (AvgIpc) is 2.20. The first kappa shape index (κ1) is 15.9. The fourth-order valence-corrected chi connectivity index (χ4v) is 2.73. The van der Waals surface area contributed by atoms with E-state index in [9.17, 15) is 8.42 Å². The third kappa shape index (κ3) is 10.4. The van der Waals surface area contributed by atoms with Crippen LogP contribution in [0.25, 0.3) is 0 Å². The molecular formula is C11H26N2O2S. The van der Waals surface area contributed by atoms with Crippen molar-refractivity contribution >= 4 is 9.84 Å². The van der Waals surface area contributed by atoms with Gasteiger partial charge in [0, 0.05) is 6.54 Å². The molecule has 0 aromatic heterocycles. The van der Waals surface area contributed by atoms with E-state index in [2.05, 4.69) is 10.2 Å². The lowest BCUT2D eigenvalue weighted by Crippen LogP contribution is -2.27. The van der Waals surface area contributed by atoms with E-state index in [1.807, 2.05) is 21.0 Å². The van der Waals surface area contributed by atoms with Crippen LogP contribution in [0.15, 0.2) is 0 Å². The molecule has 0 saturated heterocycles. The number of hydrogen-bond acceptors (Lipinski definition) is 4. The van der Waals surface area contributed by atoms with Gasteiger partial charge in [0.1, 0.15) is 0 Å². The molecule has 1 N–H and O–H groups in total. The Labute approximate surface area is 100 Å². The Morgan fingerprint density at radius 3 is 2.31 bits per heavy atom. The number of hydrogen-bond donors (Lipinski definition) is 1. The lowest BCUT2D eigenvalue weighted by atomic mass is 10.4. The summed E-state index contributed by atoms with van der Waals surface area (Å²) in [6, 6.07) is 0. The fourth-order valence-electron chi connectivity index (χ4n) is 1.34. The summed E-state index contributed by atoms with van der Waals surface area (Å²) in [6.07, 6.45) is 2.78. The molecule has 98 valence electrons. The largest absolute Gasteiger partial charge is 0.316 e. The molecule has 0 fully saturated rings. The molecule has 0 saturated carbocycles. The standard InChI is InChI=1S/C11H26N2O2S/c1-4-5-10-16(14,15)11-8-12-7-6-9-13(2)3/h12H,4-11H2,1-3H3.